The summed E-state index contributed by atoms with van der Waals surface area (Å²) in [6, 6.07) is 6.20. The van der Waals surface area contributed by atoms with Gasteiger partial charge in [-0.25, -0.2) is 0 Å². The zero-order valence-corrected chi connectivity index (χ0v) is 13.4. The average Bonchev–Trinajstić information content (AvgIpc) is 2.72. The lowest BCUT2D eigenvalue weighted by atomic mass is 10.0. The molecule has 0 spiro atoms. The average molecular weight is 277 g/mol. The number of fused-ring (bicyclic) bond motifs is 1. The van der Waals surface area contributed by atoms with Gasteiger partial charge in [-0.3, -0.25) is 0 Å². The molecule has 0 radical (unpaired) electrons. The first-order chi connectivity index (χ1) is 9.39. The summed E-state index contributed by atoms with van der Waals surface area (Å²) in [4.78, 5) is 0. The molecule has 0 aromatic heterocycles. The fourth-order valence-electron chi connectivity index (χ4n) is 2.56. The van der Waals surface area contributed by atoms with Gasteiger partial charge in [0.2, 0.25) is 0 Å². The highest BCUT2D eigenvalue weighted by molar-refractivity contribution is 5.50. The standard InChI is InChI=1S/C17H27NO2/c1-6-17(5,12-18-7-2)19-14-10-8-9-13-11-16(3,4)20-15(13)14/h8-10,18H,6-7,11-12H2,1-5H3. The van der Waals surface area contributed by atoms with Crippen molar-refractivity contribution in [3.8, 4) is 11.5 Å². The van der Waals surface area contributed by atoms with Crippen molar-refractivity contribution in [2.75, 3.05) is 13.1 Å². The topological polar surface area (TPSA) is 30.5 Å². The van der Waals surface area contributed by atoms with Crippen molar-refractivity contribution in [3.63, 3.8) is 0 Å². The van der Waals surface area contributed by atoms with Crippen LogP contribution in [0.4, 0.5) is 0 Å². The van der Waals surface area contributed by atoms with Gasteiger partial charge in [-0.1, -0.05) is 26.0 Å². The van der Waals surface area contributed by atoms with Crippen LogP contribution in [0.25, 0.3) is 0 Å². The molecule has 1 unspecified atom stereocenters. The third-order valence-corrected chi connectivity index (χ3v) is 3.91. The van der Waals surface area contributed by atoms with Gasteiger partial charge in [0.1, 0.15) is 11.2 Å². The van der Waals surface area contributed by atoms with E-state index >= 15 is 0 Å². The molecule has 1 N–H and O–H groups in total. The molecule has 112 valence electrons. The van der Waals surface area contributed by atoms with E-state index in [0.29, 0.717) is 0 Å². The maximum absolute atomic E-state index is 6.30. The van der Waals surface area contributed by atoms with Gasteiger partial charge in [0, 0.05) is 18.5 Å². The predicted molar refractivity (Wildman–Crippen MR) is 82.7 cm³/mol. The zero-order valence-electron chi connectivity index (χ0n) is 13.4. The van der Waals surface area contributed by atoms with E-state index in [4.69, 9.17) is 9.47 Å². The van der Waals surface area contributed by atoms with Gasteiger partial charge >= 0.3 is 0 Å². The number of nitrogens with one attached hydrogen (secondary N) is 1. The molecule has 1 aromatic carbocycles. The molecule has 2 rings (SSSR count). The Kier molecular flexibility index (Phi) is 4.28. The molecule has 0 saturated carbocycles. The highest BCUT2D eigenvalue weighted by Gasteiger charge is 2.34. The van der Waals surface area contributed by atoms with Crippen LogP contribution in [-0.2, 0) is 6.42 Å². The summed E-state index contributed by atoms with van der Waals surface area (Å²) in [7, 11) is 0. The largest absolute Gasteiger partial charge is 0.483 e. The number of likely N-dealkylation sites (N-methyl/N-ethyl adjacent to an activating group) is 1. The molecule has 1 heterocycles. The Morgan fingerprint density at radius 1 is 1.35 bits per heavy atom. The summed E-state index contributed by atoms with van der Waals surface area (Å²) in [5, 5.41) is 3.38. The molecule has 20 heavy (non-hydrogen) atoms. The van der Waals surface area contributed by atoms with Crippen molar-refractivity contribution in [1.82, 2.24) is 5.32 Å². The molecule has 0 amide bonds. The highest BCUT2D eigenvalue weighted by Crippen LogP contribution is 2.43. The van der Waals surface area contributed by atoms with Crippen molar-refractivity contribution >= 4 is 0 Å². The van der Waals surface area contributed by atoms with Gasteiger partial charge in [0.15, 0.2) is 11.5 Å². The number of hydrogen-bond donors (Lipinski definition) is 1. The van der Waals surface area contributed by atoms with E-state index in [-0.39, 0.29) is 11.2 Å². The van der Waals surface area contributed by atoms with Crippen LogP contribution < -0.4 is 14.8 Å². The molecule has 1 atom stereocenters. The quantitative estimate of drug-likeness (QED) is 0.862. The van der Waals surface area contributed by atoms with Crippen LogP contribution in [0, 0.1) is 0 Å². The van der Waals surface area contributed by atoms with Gasteiger partial charge in [0.05, 0.1) is 0 Å². The molecule has 0 fully saturated rings. The Morgan fingerprint density at radius 2 is 2.10 bits per heavy atom. The van der Waals surface area contributed by atoms with Crippen molar-refractivity contribution < 1.29 is 9.47 Å². The van der Waals surface area contributed by atoms with E-state index in [1.807, 2.05) is 6.07 Å². The summed E-state index contributed by atoms with van der Waals surface area (Å²) in [5.41, 5.74) is 0.905. The first kappa shape index (κ1) is 15.2. The molecule has 1 aromatic rings. The van der Waals surface area contributed by atoms with Crippen molar-refractivity contribution in [1.29, 1.82) is 0 Å². The van der Waals surface area contributed by atoms with Gasteiger partial charge in [-0.2, -0.15) is 0 Å². The van der Waals surface area contributed by atoms with Gasteiger partial charge in [0.25, 0.3) is 0 Å². The molecule has 3 heteroatoms. The lowest BCUT2D eigenvalue weighted by Crippen LogP contribution is -2.42. The summed E-state index contributed by atoms with van der Waals surface area (Å²) in [6.45, 7) is 12.5. The smallest absolute Gasteiger partial charge is 0.165 e. The van der Waals surface area contributed by atoms with Crippen molar-refractivity contribution in [2.24, 2.45) is 0 Å². The Labute approximate surface area is 122 Å². The highest BCUT2D eigenvalue weighted by atomic mass is 16.5. The summed E-state index contributed by atoms with van der Waals surface area (Å²) in [6.07, 6.45) is 1.89. The summed E-state index contributed by atoms with van der Waals surface area (Å²) < 4.78 is 12.4. The van der Waals surface area contributed by atoms with E-state index in [1.165, 1.54) is 5.56 Å². The molecule has 3 nitrogen and oxygen atoms in total. The number of hydrogen-bond acceptors (Lipinski definition) is 3. The van der Waals surface area contributed by atoms with Crippen molar-refractivity contribution in [3.05, 3.63) is 23.8 Å². The number of ether oxygens (including phenoxy) is 2. The second-order valence-electron chi connectivity index (χ2n) is 6.47. The molecule has 0 aliphatic carbocycles. The van der Waals surface area contributed by atoms with Crippen LogP contribution in [0.5, 0.6) is 11.5 Å². The predicted octanol–water partition coefficient (Wildman–Crippen LogP) is 3.56. The van der Waals surface area contributed by atoms with Gasteiger partial charge < -0.3 is 14.8 Å². The lowest BCUT2D eigenvalue weighted by Gasteiger charge is -2.31. The third kappa shape index (κ3) is 3.26. The fraction of sp³-hybridized carbons (Fsp3) is 0.647. The minimum absolute atomic E-state index is 0.133. The molecule has 1 aliphatic rings. The first-order valence-corrected chi connectivity index (χ1v) is 7.60. The molecular formula is C17H27NO2. The Balaban J connectivity index is 2.21. The molecule has 0 saturated heterocycles. The van der Waals surface area contributed by atoms with E-state index in [0.717, 1.165) is 37.4 Å². The zero-order chi connectivity index (χ0) is 14.8. The van der Waals surface area contributed by atoms with Crippen LogP contribution in [0.1, 0.15) is 46.6 Å². The Bertz CT molecular complexity index is 470. The maximum Gasteiger partial charge on any atom is 0.165 e. The Hall–Kier alpha value is -1.22. The summed E-state index contributed by atoms with van der Waals surface area (Å²) in [5.74, 6) is 1.80. The molecule has 0 bridgehead atoms. The molecular weight excluding hydrogens is 250 g/mol. The monoisotopic (exact) mass is 277 g/mol. The van der Waals surface area contributed by atoms with Crippen LogP contribution in [0.15, 0.2) is 18.2 Å². The molecule has 1 aliphatic heterocycles. The Morgan fingerprint density at radius 3 is 2.75 bits per heavy atom. The maximum atomic E-state index is 6.30. The van der Waals surface area contributed by atoms with Crippen LogP contribution in [0.2, 0.25) is 0 Å². The van der Waals surface area contributed by atoms with Gasteiger partial charge in [-0.15, -0.1) is 0 Å². The first-order valence-electron chi connectivity index (χ1n) is 7.60. The van der Waals surface area contributed by atoms with E-state index in [1.54, 1.807) is 0 Å². The third-order valence-electron chi connectivity index (χ3n) is 3.91. The number of benzene rings is 1. The fourth-order valence-corrected chi connectivity index (χ4v) is 2.56. The van der Waals surface area contributed by atoms with E-state index in [2.05, 4.69) is 52.1 Å². The second kappa shape index (κ2) is 5.65. The number of rotatable bonds is 6. The van der Waals surface area contributed by atoms with Crippen molar-refractivity contribution in [2.45, 2.75) is 58.7 Å². The van der Waals surface area contributed by atoms with Crippen LogP contribution >= 0.6 is 0 Å². The lowest BCUT2D eigenvalue weighted by molar-refractivity contribution is 0.0717. The minimum atomic E-state index is -0.207. The van der Waals surface area contributed by atoms with E-state index in [9.17, 15) is 0 Å². The van der Waals surface area contributed by atoms with Crippen LogP contribution in [-0.4, -0.2) is 24.3 Å². The van der Waals surface area contributed by atoms with Crippen LogP contribution in [0.3, 0.4) is 0 Å². The number of para-hydroxylation sites is 1. The summed E-state index contributed by atoms with van der Waals surface area (Å²) >= 11 is 0. The van der Waals surface area contributed by atoms with E-state index < -0.39 is 0 Å². The van der Waals surface area contributed by atoms with Gasteiger partial charge in [-0.05, 0) is 39.8 Å². The second-order valence-corrected chi connectivity index (χ2v) is 6.47. The minimum Gasteiger partial charge on any atom is -0.483 e. The normalized spacial score (nSPS) is 19.1. The SMILES string of the molecule is CCNCC(C)(CC)Oc1cccc2c1OC(C)(C)C2.